The number of rotatable bonds is 20. The van der Waals surface area contributed by atoms with Gasteiger partial charge in [0.15, 0.2) is 12.6 Å². The van der Waals surface area contributed by atoms with Crippen molar-refractivity contribution in [2.24, 2.45) is 0 Å². The maximum atomic E-state index is 5.62. The van der Waals surface area contributed by atoms with E-state index in [1.54, 1.807) is 28.4 Å². The lowest BCUT2D eigenvalue weighted by atomic mass is 10.4. The van der Waals surface area contributed by atoms with Gasteiger partial charge in [-0.05, 0) is 25.2 Å². The van der Waals surface area contributed by atoms with Gasteiger partial charge in [-0.15, -0.1) is 17.2 Å². The predicted octanol–water partition coefficient (Wildman–Crippen LogP) is 2.70. The first-order chi connectivity index (χ1) is 12.7. The van der Waals surface area contributed by atoms with Crippen LogP contribution in [0, 0.1) is 0 Å². The molecule has 26 heavy (non-hydrogen) atoms. The molecule has 0 N–H and O–H groups in total. The van der Waals surface area contributed by atoms with Crippen LogP contribution in [-0.2, 0) is 23.7 Å². The van der Waals surface area contributed by atoms with Gasteiger partial charge in [-0.2, -0.15) is 0 Å². The Balaban J connectivity index is 4.03. The van der Waals surface area contributed by atoms with Crippen molar-refractivity contribution in [3.8, 4) is 0 Å². The summed E-state index contributed by atoms with van der Waals surface area (Å²) < 4.78 is 26.7. The lowest BCUT2D eigenvalue weighted by Crippen LogP contribution is -2.30. The third-order valence-electron chi connectivity index (χ3n) is 3.99. The molecule has 0 aliphatic heterocycles. The average Bonchev–Trinajstić information content (AvgIpc) is 2.67. The molecule has 0 saturated heterocycles. The van der Waals surface area contributed by atoms with Gasteiger partial charge in [-0.25, -0.2) is 0 Å². The van der Waals surface area contributed by atoms with Crippen molar-refractivity contribution in [3.63, 3.8) is 0 Å². The summed E-state index contributed by atoms with van der Waals surface area (Å²) in [5.74, 6) is 0. The first kappa shape index (κ1) is 26.6. The van der Waals surface area contributed by atoms with Crippen molar-refractivity contribution < 1.29 is 23.7 Å². The molecule has 0 aromatic rings. The van der Waals surface area contributed by atoms with Gasteiger partial charge in [0.1, 0.15) is 0 Å². The largest absolute Gasteiger partial charge is 0.381 e. The lowest BCUT2D eigenvalue weighted by molar-refractivity contribution is -0.0848. The minimum atomic E-state index is -0.0641. The van der Waals surface area contributed by atoms with E-state index < -0.39 is 0 Å². The molecule has 0 bridgehead atoms. The Labute approximate surface area is 164 Å². The van der Waals surface area contributed by atoms with E-state index in [1.807, 2.05) is 0 Å². The van der Waals surface area contributed by atoms with E-state index >= 15 is 0 Å². The fraction of sp³-hybridized carbons (Fsp3) is 1.00. The van der Waals surface area contributed by atoms with E-state index in [0.717, 1.165) is 75.2 Å². The Morgan fingerprint density at radius 1 is 0.731 bits per heavy atom. The number of ether oxygens (including phenoxy) is 5. The highest BCUT2D eigenvalue weighted by atomic mass is 31.1. The predicted molar refractivity (Wildman–Crippen MR) is 114 cm³/mol. The molecule has 0 aromatic heterocycles. The summed E-state index contributed by atoms with van der Waals surface area (Å²) in [6, 6.07) is 0. The molecule has 0 rings (SSSR count). The highest BCUT2D eigenvalue weighted by Crippen LogP contribution is 2.16. The van der Waals surface area contributed by atoms with Crippen LogP contribution in [0.3, 0.4) is 0 Å². The van der Waals surface area contributed by atoms with Gasteiger partial charge in [0.2, 0.25) is 0 Å². The molecule has 0 amide bonds. The maximum absolute atomic E-state index is 5.62. The van der Waals surface area contributed by atoms with Crippen LogP contribution < -0.4 is 0 Å². The van der Waals surface area contributed by atoms with Crippen molar-refractivity contribution in [2.45, 2.75) is 32.3 Å². The van der Waals surface area contributed by atoms with E-state index in [-0.39, 0.29) is 12.6 Å². The normalized spacial score (nSPS) is 12.9. The molecular formula is C18H41NO5P2. The van der Waals surface area contributed by atoms with Crippen LogP contribution >= 0.6 is 17.2 Å². The van der Waals surface area contributed by atoms with Gasteiger partial charge in [-0.3, -0.25) is 0 Å². The Bertz CT molecular complexity index is 262. The number of hydrogen-bond donors (Lipinski definition) is 0. The average molecular weight is 413 g/mol. The molecule has 0 aliphatic carbocycles. The topological polar surface area (TPSA) is 49.4 Å². The monoisotopic (exact) mass is 413 g/mol. The quantitative estimate of drug-likeness (QED) is 0.174. The molecule has 0 heterocycles. The molecule has 0 aromatic carbocycles. The Morgan fingerprint density at radius 2 is 1.23 bits per heavy atom. The summed E-state index contributed by atoms with van der Waals surface area (Å²) in [6.07, 6.45) is 6.41. The molecule has 0 fully saturated rings. The zero-order valence-corrected chi connectivity index (χ0v) is 19.4. The number of hydrogen-bond acceptors (Lipinski definition) is 6. The molecule has 2 unspecified atom stereocenters. The standard InChI is InChI=1S/C18H41NO5P2/c1-6-11-24-12-7-8-19(9-13-25-15-17(20-2)21-3)10-14-26-16-18(22-4)23-5/h17-18,25-26H,6-16H2,1-5H3. The summed E-state index contributed by atoms with van der Waals surface area (Å²) in [7, 11) is 8.55. The Morgan fingerprint density at radius 3 is 1.65 bits per heavy atom. The Hall–Kier alpha value is 0.620. The van der Waals surface area contributed by atoms with Crippen molar-refractivity contribution in [2.75, 3.05) is 85.9 Å². The number of methoxy groups -OCH3 is 4. The van der Waals surface area contributed by atoms with Gasteiger partial charge < -0.3 is 28.6 Å². The highest BCUT2D eigenvalue weighted by Gasteiger charge is 2.09. The second kappa shape index (κ2) is 20.4. The fourth-order valence-corrected chi connectivity index (χ4v) is 4.91. The number of nitrogens with zero attached hydrogens (tertiary/aromatic N) is 1. The molecule has 6 nitrogen and oxygen atoms in total. The molecule has 0 saturated carbocycles. The first-order valence-corrected chi connectivity index (χ1v) is 12.4. The summed E-state index contributed by atoms with van der Waals surface area (Å²) in [4.78, 5) is 2.57. The van der Waals surface area contributed by atoms with E-state index in [4.69, 9.17) is 23.7 Å². The van der Waals surface area contributed by atoms with Crippen molar-refractivity contribution in [1.82, 2.24) is 4.90 Å². The van der Waals surface area contributed by atoms with Crippen LogP contribution in [0.25, 0.3) is 0 Å². The van der Waals surface area contributed by atoms with Gasteiger partial charge in [0.25, 0.3) is 0 Å². The van der Waals surface area contributed by atoms with Crippen LogP contribution in [0.4, 0.5) is 0 Å². The van der Waals surface area contributed by atoms with Crippen molar-refractivity contribution >= 4 is 17.2 Å². The third-order valence-corrected chi connectivity index (χ3v) is 6.39. The minimum Gasteiger partial charge on any atom is -0.381 e. The summed E-state index contributed by atoms with van der Waals surface area (Å²) >= 11 is 0. The second-order valence-corrected chi connectivity index (χ2v) is 8.83. The van der Waals surface area contributed by atoms with E-state index in [2.05, 4.69) is 11.8 Å². The first-order valence-electron chi connectivity index (χ1n) is 9.54. The summed E-state index contributed by atoms with van der Waals surface area (Å²) in [6.45, 7) is 7.25. The third kappa shape index (κ3) is 15.7. The van der Waals surface area contributed by atoms with E-state index in [9.17, 15) is 0 Å². The minimum absolute atomic E-state index is 0.0641. The smallest absolute Gasteiger partial charge is 0.160 e. The highest BCUT2D eigenvalue weighted by molar-refractivity contribution is 7.38. The van der Waals surface area contributed by atoms with Crippen molar-refractivity contribution in [1.29, 1.82) is 0 Å². The van der Waals surface area contributed by atoms with Crippen LogP contribution in [-0.4, -0.2) is 103 Å². The fourth-order valence-electron chi connectivity index (χ4n) is 2.41. The molecule has 158 valence electrons. The van der Waals surface area contributed by atoms with Crippen LogP contribution in [0.1, 0.15) is 19.8 Å². The van der Waals surface area contributed by atoms with Gasteiger partial charge >= 0.3 is 0 Å². The zero-order chi connectivity index (χ0) is 19.5. The second-order valence-electron chi connectivity index (χ2n) is 6.02. The zero-order valence-electron chi connectivity index (χ0n) is 17.4. The molecule has 0 aliphatic rings. The molecular weight excluding hydrogens is 372 g/mol. The van der Waals surface area contributed by atoms with Crippen LogP contribution in [0.5, 0.6) is 0 Å². The van der Waals surface area contributed by atoms with Crippen LogP contribution in [0.2, 0.25) is 0 Å². The van der Waals surface area contributed by atoms with Gasteiger partial charge in [0.05, 0.1) is 0 Å². The SMILES string of the molecule is CCCOCCCN(CCPCC(OC)OC)CCPCC(OC)OC. The van der Waals surface area contributed by atoms with E-state index in [1.165, 1.54) is 12.3 Å². The maximum Gasteiger partial charge on any atom is 0.160 e. The van der Waals surface area contributed by atoms with E-state index in [0.29, 0.717) is 0 Å². The Kier molecular flexibility index (Phi) is 20.8. The molecule has 2 atom stereocenters. The summed E-state index contributed by atoms with van der Waals surface area (Å²) in [5, 5.41) is 0. The van der Waals surface area contributed by atoms with Crippen LogP contribution in [0.15, 0.2) is 0 Å². The van der Waals surface area contributed by atoms with Gasteiger partial charge in [-0.1, -0.05) is 6.92 Å². The molecule has 0 spiro atoms. The molecule has 8 heteroatoms. The van der Waals surface area contributed by atoms with Crippen molar-refractivity contribution in [3.05, 3.63) is 0 Å². The summed E-state index contributed by atoms with van der Waals surface area (Å²) in [5.41, 5.74) is 0. The lowest BCUT2D eigenvalue weighted by Gasteiger charge is -2.23. The molecule has 0 radical (unpaired) electrons. The van der Waals surface area contributed by atoms with Gasteiger partial charge in [0, 0.05) is 73.6 Å².